The Hall–Kier alpha value is -2.27. The average molecular weight is 455 g/mol. The number of anilines is 1. The van der Waals surface area contributed by atoms with Crippen molar-refractivity contribution in [2.75, 3.05) is 36.7 Å². The molecule has 0 bridgehead atoms. The van der Waals surface area contributed by atoms with Gasteiger partial charge in [-0.15, -0.1) is 22.0 Å². The highest BCUT2D eigenvalue weighted by Crippen LogP contribution is 2.47. The van der Waals surface area contributed by atoms with E-state index in [4.69, 9.17) is 9.88 Å². The van der Waals surface area contributed by atoms with Crippen molar-refractivity contribution in [2.24, 2.45) is 5.10 Å². The Kier molecular flexibility index (Phi) is 8.41. The van der Waals surface area contributed by atoms with Crippen LogP contribution in [0.25, 0.3) is 6.08 Å². The van der Waals surface area contributed by atoms with Crippen molar-refractivity contribution >= 4 is 29.2 Å². The SMILES string of the molecule is CCOON(CSC)\N=C(C#N)/C=C/C=C/c1cc2c3c(c1)C(C)(C)CCN3CCC2C. The molecule has 172 valence electrons. The van der Waals surface area contributed by atoms with E-state index in [1.54, 1.807) is 6.08 Å². The molecule has 0 amide bonds. The Bertz CT molecular complexity index is 933. The second-order valence-electron chi connectivity index (χ2n) is 8.88. The van der Waals surface area contributed by atoms with Crippen LogP contribution >= 0.6 is 11.8 Å². The molecule has 3 rings (SSSR count). The zero-order valence-electron chi connectivity index (χ0n) is 19.8. The van der Waals surface area contributed by atoms with Crippen molar-refractivity contribution < 1.29 is 9.88 Å². The number of benzene rings is 1. The van der Waals surface area contributed by atoms with Gasteiger partial charge in [-0.1, -0.05) is 44.0 Å². The van der Waals surface area contributed by atoms with Crippen LogP contribution in [-0.4, -0.2) is 42.7 Å². The normalized spacial score (nSPS) is 19.9. The number of allylic oxidation sites excluding steroid dienone is 3. The molecule has 6 nitrogen and oxygen atoms in total. The molecule has 1 aromatic carbocycles. The van der Waals surface area contributed by atoms with E-state index < -0.39 is 0 Å². The van der Waals surface area contributed by atoms with Gasteiger partial charge in [0.05, 0.1) is 6.61 Å². The highest BCUT2D eigenvalue weighted by molar-refractivity contribution is 7.98. The van der Waals surface area contributed by atoms with Crippen molar-refractivity contribution in [1.82, 2.24) is 5.17 Å². The van der Waals surface area contributed by atoms with Crippen molar-refractivity contribution in [2.45, 2.75) is 51.9 Å². The van der Waals surface area contributed by atoms with Crippen LogP contribution in [0.4, 0.5) is 5.69 Å². The minimum atomic E-state index is 0.180. The molecular weight excluding hydrogens is 420 g/mol. The van der Waals surface area contributed by atoms with E-state index in [0.717, 1.165) is 13.1 Å². The molecule has 0 aliphatic carbocycles. The summed E-state index contributed by atoms with van der Waals surface area (Å²) >= 11 is 1.52. The predicted octanol–water partition coefficient (Wildman–Crippen LogP) is 5.64. The summed E-state index contributed by atoms with van der Waals surface area (Å²) in [5.41, 5.74) is 6.01. The fourth-order valence-electron chi connectivity index (χ4n) is 4.23. The zero-order valence-corrected chi connectivity index (χ0v) is 20.6. The highest BCUT2D eigenvalue weighted by Gasteiger charge is 2.36. The number of nitrogens with zero attached hydrogens (tertiary/aromatic N) is 4. The molecule has 2 aliphatic heterocycles. The summed E-state index contributed by atoms with van der Waals surface area (Å²) in [7, 11) is 0. The monoisotopic (exact) mass is 454 g/mol. The fourth-order valence-corrected chi connectivity index (χ4v) is 4.55. The quantitative estimate of drug-likeness (QED) is 0.158. The van der Waals surface area contributed by atoms with Crippen LogP contribution in [-0.2, 0) is 15.3 Å². The number of thioether (sulfide) groups is 1. The third-order valence-electron chi connectivity index (χ3n) is 6.06. The van der Waals surface area contributed by atoms with Gasteiger partial charge in [-0.2, -0.15) is 5.26 Å². The van der Waals surface area contributed by atoms with Crippen LogP contribution in [0.15, 0.2) is 35.5 Å². The maximum Gasteiger partial charge on any atom is 0.163 e. The first-order valence-electron chi connectivity index (χ1n) is 11.2. The molecule has 2 aliphatic rings. The third-order valence-corrected chi connectivity index (χ3v) is 6.54. The van der Waals surface area contributed by atoms with Gasteiger partial charge in [0.2, 0.25) is 0 Å². The maximum atomic E-state index is 9.41. The lowest BCUT2D eigenvalue weighted by atomic mass is 9.73. The van der Waals surface area contributed by atoms with Gasteiger partial charge in [0.15, 0.2) is 5.71 Å². The summed E-state index contributed by atoms with van der Waals surface area (Å²) in [6.07, 6.45) is 11.9. The van der Waals surface area contributed by atoms with Crippen LogP contribution in [0.1, 0.15) is 63.1 Å². The molecule has 0 radical (unpaired) electrons. The first-order chi connectivity index (χ1) is 15.4. The molecule has 1 atom stereocenters. The summed E-state index contributed by atoms with van der Waals surface area (Å²) in [5.74, 6) is 1.03. The van der Waals surface area contributed by atoms with E-state index in [1.807, 2.05) is 25.3 Å². The second kappa shape index (κ2) is 11.0. The van der Waals surface area contributed by atoms with Gasteiger partial charge in [0.1, 0.15) is 11.9 Å². The number of hydrazone groups is 1. The summed E-state index contributed by atoms with van der Waals surface area (Å²) in [6, 6.07) is 6.76. The Balaban J connectivity index is 1.81. The van der Waals surface area contributed by atoms with E-state index in [-0.39, 0.29) is 11.1 Å². The van der Waals surface area contributed by atoms with Gasteiger partial charge in [0, 0.05) is 18.8 Å². The summed E-state index contributed by atoms with van der Waals surface area (Å²) in [5, 5.41) is 14.9. The van der Waals surface area contributed by atoms with Crippen molar-refractivity contribution in [3.8, 4) is 6.07 Å². The molecular formula is C25H34N4O2S. The lowest BCUT2D eigenvalue weighted by molar-refractivity contribution is -0.420. The molecule has 1 aromatic rings. The lowest BCUT2D eigenvalue weighted by Crippen LogP contribution is -2.41. The number of rotatable bonds is 9. The lowest BCUT2D eigenvalue weighted by Gasteiger charge is -2.45. The molecule has 0 saturated carbocycles. The summed E-state index contributed by atoms with van der Waals surface area (Å²) in [4.78, 5) is 12.6. The Labute approximate surface area is 196 Å². The number of nitriles is 1. The smallest absolute Gasteiger partial charge is 0.163 e. The predicted molar refractivity (Wildman–Crippen MR) is 133 cm³/mol. The minimum Gasteiger partial charge on any atom is -0.371 e. The standard InChI is InChI=1S/C25H34N4O2S/c1-6-30-31-29(18-32-5)27-21(17-26)10-8-7-9-20-15-22-19(2)11-13-28-14-12-25(3,4)23(16-20)24(22)28/h7-10,15-16,19H,6,11-14,18H2,1-5H3/b9-7+,10-8+,27-21+. The average Bonchev–Trinajstić information content (AvgIpc) is 2.78. The first kappa shape index (κ1) is 24.4. The fraction of sp³-hybridized carbons (Fsp3) is 0.520. The largest absolute Gasteiger partial charge is 0.371 e. The highest BCUT2D eigenvalue weighted by atomic mass is 32.2. The molecule has 0 fully saturated rings. The molecule has 7 heteroatoms. The van der Waals surface area contributed by atoms with Crippen LogP contribution < -0.4 is 4.90 Å². The van der Waals surface area contributed by atoms with Gasteiger partial charge < -0.3 is 4.90 Å². The number of hydroxylamine groups is 1. The molecule has 0 aromatic heterocycles. The Morgan fingerprint density at radius 1 is 1.38 bits per heavy atom. The van der Waals surface area contributed by atoms with E-state index in [0.29, 0.717) is 18.4 Å². The zero-order chi connectivity index (χ0) is 23.1. The maximum absolute atomic E-state index is 9.41. The summed E-state index contributed by atoms with van der Waals surface area (Å²) in [6.45, 7) is 11.6. The van der Waals surface area contributed by atoms with E-state index in [2.05, 4.69) is 55.1 Å². The van der Waals surface area contributed by atoms with Gasteiger partial charge in [-0.05, 0) is 72.3 Å². The number of hydrogen-bond donors (Lipinski definition) is 0. The van der Waals surface area contributed by atoms with E-state index in [9.17, 15) is 5.26 Å². The molecule has 1 unspecified atom stereocenters. The van der Waals surface area contributed by atoms with Gasteiger partial charge in [-0.3, -0.25) is 0 Å². The van der Waals surface area contributed by atoms with Crippen LogP contribution in [0.5, 0.6) is 0 Å². The molecule has 0 saturated heterocycles. The van der Waals surface area contributed by atoms with Crippen LogP contribution in [0.2, 0.25) is 0 Å². The van der Waals surface area contributed by atoms with Gasteiger partial charge in [0.25, 0.3) is 0 Å². The summed E-state index contributed by atoms with van der Waals surface area (Å²) < 4.78 is 0. The minimum absolute atomic E-state index is 0.180. The molecule has 2 heterocycles. The van der Waals surface area contributed by atoms with Crippen molar-refractivity contribution in [1.29, 1.82) is 5.26 Å². The number of hydrogen-bond acceptors (Lipinski definition) is 7. The van der Waals surface area contributed by atoms with Gasteiger partial charge in [-0.25, -0.2) is 4.89 Å². The Morgan fingerprint density at radius 2 is 2.19 bits per heavy atom. The second-order valence-corrected chi connectivity index (χ2v) is 9.72. The van der Waals surface area contributed by atoms with Crippen LogP contribution in [0, 0.1) is 11.3 Å². The molecule has 32 heavy (non-hydrogen) atoms. The van der Waals surface area contributed by atoms with Gasteiger partial charge >= 0.3 is 0 Å². The Morgan fingerprint density at radius 3 is 2.91 bits per heavy atom. The molecule has 0 spiro atoms. The third kappa shape index (κ3) is 5.74. The van der Waals surface area contributed by atoms with Crippen molar-refractivity contribution in [3.05, 3.63) is 47.1 Å². The van der Waals surface area contributed by atoms with Crippen molar-refractivity contribution in [3.63, 3.8) is 0 Å². The van der Waals surface area contributed by atoms with Crippen LogP contribution in [0.3, 0.4) is 0 Å². The van der Waals surface area contributed by atoms with E-state index >= 15 is 0 Å². The van der Waals surface area contributed by atoms with E-state index in [1.165, 1.54) is 52.2 Å². The molecule has 0 N–H and O–H groups in total. The topological polar surface area (TPSA) is 61.1 Å². The first-order valence-corrected chi connectivity index (χ1v) is 12.6.